The molecule has 0 saturated heterocycles. The van der Waals surface area contributed by atoms with Gasteiger partial charge >= 0.3 is 0 Å². The first-order valence-electron chi connectivity index (χ1n) is 8.60. The van der Waals surface area contributed by atoms with E-state index in [9.17, 15) is 9.90 Å². The number of ether oxygens (including phenoxy) is 2. The Bertz CT molecular complexity index is 749. The average molecular weight is 333 g/mol. The molecule has 1 aromatic heterocycles. The van der Waals surface area contributed by atoms with Crippen molar-refractivity contribution in [2.45, 2.75) is 52.6 Å². The lowest BCUT2D eigenvalue weighted by Crippen LogP contribution is -2.23. The van der Waals surface area contributed by atoms with Gasteiger partial charge in [-0.15, -0.1) is 0 Å². The van der Waals surface area contributed by atoms with Crippen LogP contribution in [0.1, 0.15) is 46.5 Å². The van der Waals surface area contributed by atoms with E-state index in [2.05, 4.69) is 6.92 Å². The number of hydrogen-bond acceptors (Lipinski definition) is 4. The number of phenolic OH excluding ortho intramolecular Hbond substituents is 1. The van der Waals surface area contributed by atoms with Crippen LogP contribution in [0.15, 0.2) is 23.0 Å². The fraction of sp³-hybridized carbons (Fsp3) is 0.526. The topological polar surface area (TPSA) is 60.7 Å². The number of pyridine rings is 1. The van der Waals surface area contributed by atoms with Crippen LogP contribution in [-0.2, 0) is 7.05 Å². The largest absolute Gasteiger partial charge is 0.508 e. The Morgan fingerprint density at radius 3 is 2.58 bits per heavy atom. The standard InChI is InChI=1S/C19H27NO4/c1-5-6-7-8-11-23-17-15-10-9-14(21)12-16(15)20(4)19(22)18(17)24-13(2)3/h9-10,12-13,21H,5-8,11H2,1-4H3. The second-order valence-corrected chi connectivity index (χ2v) is 6.30. The molecule has 0 radical (unpaired) electrons. The summed E-state index contributed by atoms with van der Waals surface area (Å²) >= 11 is 0. The molecule has 0 aliphatic rings. The fourth-order valence-electron chi connectivity index (χ4n) is 2.66. The lowest BCUT2D eigenvalue weighted by atomic mass is 10.1. The van der Waals surface area contributed by atoms with Gasteiger partial charge in [-0.3, -0.25) is 4.79 Å². The highest BCUT2D eigenvalue weighted by molar-refractivity contribution is 5.88. The molecule has 5 nitrogen and oxygen atoms in total. The molecule has 0 atom stereocenters. The van der Waals surface area contributed by atoms with E-state index in [0.29, 0.717) is 17.9 Å². The van der Waals surface area contributed by atoms with Crippen LogP contribution in [0.2, 0.25) is 0 Å². The summed E-state index contributed by atoms with van der Waals surface area (Å²) < 4.78 is 13.2. The van der Waals surface area contributed by atoms with Crippen molar-refractivity contribution in [2.75, 3.05) is 6.61 Å². The molecule has 0 spiro atoms. The van der Waals surface area contributed by atoms with E-state index in [-0.39, 0.29) is 23.2 Å². The van der Waals surface area contributed by atoms with E-state index in [1.807, 2.05) is 13.8 Å². The van der Waals surface area contributed by atoms with Crippen molar-refractivity contribution in [2.24, 2.45) is 7.05 Å². The molecule has 0 saturated carbocycles. The number of fused-ring (bicyclic) bond motifs is 1. The van der Waals surface area contributed by atoms with Crippen LogP contribution >= 0.6 is 0 Å². The number of aryl methyl sites for hydroxylation is 1. The van der Waals surface area contributed by atoms with Crippen molar-refractivity contribution in [3.05, 3.63) is 28.6 Å². The lowest BCUT2D eigenvalue weighted by Gasteiger charge is -2.18. The Morgan fingerprint density at radius 2 is 1.92 bits per heavy atom. The van der Waals surface area contributed by atoms with Crippen molar-refractivity contribution in [3.8, 4) is 17.2 Å². The summed E-state index contributed by atoms with van der Waals surface area (Å²) in [7, 11) is 1.67. The number of aromatic hydroxyl groups is 1. The maximum absolute atomic E-state index is 12.7. The zero-order chi connectivity index (χ0) is 17.7. The van der Waals surface area contributed by atoms with Gasteiger partial charge in [-0.25, -0.2) is 0 Å². The summed E-state index contributed by atoms with van der Waals surface area (Å²) in [4.78, 5) is 12.7. The van der Waals surface area contributed by atoms with Crippen LogP contribution < -0.4 is 15.0 Å². The van der Waals surface area contributed by atoms with E-state index in [1.54, 1.807) is 25.2 Å². The molecule has 0 bridgehead atoms. The van der Waals surface area contributed by atoms with Gasteiger partial charge in [0.25, 0.3) is 5.56 Å². The number of aromatic nitrogens is 1. The van der Waals surface area contributed by atoms with E-state index in [4.69, 9.17) is 9.47 Å². The summed E-state index contributed by atoms with van der Waals surface area (Å²) in [5, 5.41) is 10.5. The van der Waals surface area contributed by atoms with Crippen LogP contribution in [0, 0.1) is 0 Å². The van der Waals surface area contributed by atoms with E-state index in [1.165, 1.54) is 11.0 Å². The van der Waals surface area contributed by atoms with Crippen molar-refractivity contribution in [1.82, 2.24) is 4.57 Å². The lowest BCUT2D eigenvalue weighted by molar-refractivity contribution is 0.216. The molecule has 0 fully saturated rings. The van der Waals surface area contributed by atoms with E-state index >= 15 is 0 Å². The third kappa shape index (κ3) is 4.02. The fourth-order valence-corrected chi connectivity index (χ4v) is 2.66. The molecular weight excluding hydrogens is 306 g/mol. The van der Waals surface area contributed by atoms with Gasteiger partial charge in [0.05, 0.1) is 18.2 Å². The second-order valence-electron chi connectivity index (χ2n) is 6.30. The first-order valence-corrected chi connectivity index (χ1v) is 8.60. The maximum atomic E-state index is 12.7. The van der Waals surface area contributed by atoms with Crippen molar-refractivity contribution >= 4 is 10.9 Å². The third-order valence-corrected chi connectivity index (χ3v) is 3.89. The van der Waals surface area contributed by atoms with Gasteiger partial charge in [-0.2, -0.15) is 0 Å². The van der Waals surface area contributed by atoms with Crippen LogP contribution in [0.4, 0.5) is 0 Å². The second kappa shape index (κ2) is 8.08. The van der Waals surface area contributed by atoms with Crippen LogP contribution in [0.5, 0.6) is 17.2 Å². The van der Waals surface area contributed by atoms with Gasteiger partial charge in [0, 0.05) is 18.5 Å². The summed E-state index contributed by atoms with van der Waals surface area (Å²) in [6, 6.07) is 4.93. The predicted octanol–water partition coefficient (Wildman–Crippen LogP) is 3.99. The summed E-state index contributed by atoms with van der Waals surface area (Å²) in [5.74, 6) is 0.823. The smallest absolute Gasteiger partial charge is 0.297 e. The minimum absolute atomic E-state index is 0.115. The van der Waals surface area contributed by atoms with Gasteiger partial charge in [0.15, 0.2) is 5.75 Å². The van der Waals surface area contributed by atoms with Gasteiger partial charge in [-0.1, -0.05) is 26.2 Å². The highest BCUT2D eigenvalue weighted by atomic mass is 16.5. The molecule has 5 heteroatoms. The summed E-state index contributed by atoms with van der Waals surface area (Å²) in [5.41, 5.74) is 0.366. The number of hydrogen-bond donors (Lipinski definition) is 1. The molecule has 1 aromatic carbocycles. The van der Waals surface area contributed by atoms with Gasteiger partial charge in [0.2, 0.25) is 5.75 Å². The summed E-state index contributed by atoms with van der Waals surface area (Å²) in [6.07, 6.45) is 4.24. The van der Waals surface area contributed by atoms with Crippen molar-refractivity contribution < 1.29 is 14.6 Å². The zero-order valence-electron chi connectivity index (χ0n) is 15.0. The van der Waals surface area contributed by atoms with Gasteiger partial charge in [-0.05, 0) is 32.4 Å². The minimum Gasteiger partial charge on any atom is -0.508 e. The van der Waals surface area contributed by atoms with Gasteiger partial charge in [0.1, 0.15) is 5.75 Å². The normalized spacial score (nSPS) is 11.2. The first-order chi connectivity index (χ1) is 11.5. The SMILES string of the molecule is CCCCCCOc1c(OC(C)C)c(=O)n(C)c2cc(O)ccc12. The zero-order valence-corrected chi connectivity index (χ0v) is 15.0. The molecule has 132 valence electrons. The van der Waals surface area contributed by atoms with Crippen LogP contribution in [0.3, 0.4) is 0 Å². The monoisotopic (exact) mass is 333 g/mol. The quantitative estimate of drug-likeness (QED) is 0.742. The Morgan fingerprint density at radius 1 is 1.17 bits per heavy atom. The summed E-state index contributed by atoms with van der Waals surface area (Å²) in [6.45, 7) is 6.46. The maximum Gasteiger partial charge on any atom is 0.297 e. The molecule has 0 aliphatic heterocycles. The van der Waals surface area contributed by atoms with E-state index in [0.717, 1.165) is 24.6 Å². The number of benzene rings is 1. The van der Waals surface area contributed by atoms with Crippen LogP contribution in [-0.4, -0.2) is 22.4 Å². The first kappa shape index (κ1) is 18.2. The van der Waals surface area contributed by atoms with Crippen LogP contribution in [0.25, 0.3) is 10.9 Å². The molecule has 1 heterocycles. The Hall–Kier alpha value is -2.17. The number of nitrogens with zero attached hydrogens (tertiary/aromatic N) is 1. The molecule has 1 N–H and O–H groups in total. The number of rotatable bonds is 8. The minimum atomic E-state index is -0.259. The molecule has 2 aromatic rings. The molecule has 0 aliphatic carbocycles. The number of unbranched alkanes of at least 4 members (excludes halogenated alkanes) is 3. The van der Waals surface area contributed by atoms with Gasteiger partial charge < -0.3 is 19.1 Å². The average Bonchev–Trinajstić information content (AvgIpc) is 2.54. The predicted molar refractivity (Wildman–Crippen MR) is 96.3 cm³/mol. The van der Waals surface area contributed by atoms with Crippen molar-refractivity contribution in [1.29, 1.82) is 0 Å². The molecule has 2 rings (SSSR count). The van der Waals surface area contributed by atoms with E-state index < -0.39 is 0 Å². The molecular formula is C19H27NO4. The molecule has 0 amide bonds. The Labute approximate surface area is 142 Å². The highest BCUT2D eigenvalue weighted by Gasteiger charge is 2.19. The van der Waals surface area contributed by atoms with Crippen molar-refractivity contribution in [3.63, 3.8) is 0 Å². The highest BCUT2D eigenvalue weighted by Crippen LogP contribution is 2.34. The third-order valence-electron chi connectivity index (χ3n) is 3.89. The Kier molecular flexibility index (Phi) is 6.12. The molecule has 0 unspecified atom stereocenters. The number of phenols is 1. The molecule has 24 heavy (non-hydrogen) atoms. The Balaban J connectivity index is 2.47.